The summed E-state index contributed by atoms with van der Waals surface area (Å²) in [6.07, 6.45) is -0.945. The number of carbonyl (C=O) groups is 1. The quantitative estimate of drug-likeness (QED) is 0.860. The van der Waals surface area contributed by atoms with Crippen LogP contribution in [-0.4, -0.2) is 42.4 Å². The molecule has 1 aliphatic carbocycles. The van der Waals surface area contributed by atoms with Crippen LogP contribution in [0.2, 0.25) is 0 Å². The van der Waals surface area contributed by atoms with E-state index in [1.54, 1.807) is 19.1 Å². The fourth-order valence-electron chi connectivity index (χ4n) is 2.72. The molecule has 1 heterocycles. The Morgan fingerprint density at radius 3 is 2.92 bits per heavy atom. The summed E-state index contributed by atoms with van der Waals surface area (Å²) in [5.74, 6) is -0.0915. The van der Waals surface area contributed by atoms with E-state index in [1.165, 1.54) is 6.20 Å². The van der Waals surface area contributed by atoms with Crippen LogP contribution in [0.25, 0.3) is 0 Å². The minimum absolute atomic E-state index is 0.223. The van der Waals surface area contributed by atoms with Crippen LogP contribution < -0.4 is 10.1 Å². The van der Waals surface area contributed by atoms with Crippen molar-refractivity contribution in [3.05, 3.63) is 23.9 Å². The van der Waals surface area contributed by atoms with Gasteiger partial charge in [0.15, 0.2) is 0 Å². The van der Waals surface area contributed by atoms with Gasteiger partial charge in [-0.15, -0.1) is 0 Å². The van der Waals surface area contributed by atoms with Crippen LogP contribution in [0, 0.1) is 0 Å². The molecular weight excluding hydrogens is 325 g/mol. The second-order valence-electron chi connectivity index (χ2n) is 5.67. The van der Waals surface area contributed by atoms with Crippen molar-refractivity contribution in [3.63, 3.8) is 0 Å². The minimum Gasteiger partial charge on any atom is -0.477 e. The Hall–Kier alpha value is -1.83. The number of hydrogen-bond donors (Lipinski definition) is 1. The van der Waals surface area contributed by atoms with Gasteiger partial charge in [-0.2, -0.15) is 13.2 Å². The smallest absolute Gasteiger partial charge is 0.411 e. The van der Waals surface area contributed by atoms with Gasteiger partial charge in [-0.3, -0.25) is 4.79 Å². The molecule has 1 aliphatic rings. The summed E-state index contributed by atoms with van der Waals surface area (Å²) in [6, 6.07) is 3.01. The van der Waals surface area contributed by atoms with E-state index in [1.807, 2.05) is 0 Å². The van der Waals surface area contributed by atoms with E-state index < -0.39 is 18.9 Å². The highest BCUT2D eigenvalue weighted by molar-refractivity contribution is 5.96. The van der Waals surface area contributed by atoms with Gasteiger partial charge in [-0.25, -0.2) is 4.98 Å². The number of nitrogens with zero attached hydrogens (tertiary/aromatic N) is 1. The van der Waals surface area contributed by atoms with Gasteiger partial charge < -0.3 is 14.8 Å². The molecule has 0 unspecified atom stereocenters. The number of ether oxygens (including phenoxy) is 2. The number of amides is 1. The lowest BCUT2D eigenvalue weighted by Gasteiger charge is -2.30. The molecule has 1 N–H and O–H groups in total. The first kappa shape index (κ1) is 18.5. The molecule has 1 aromatic rings. The van der Waals surface area contributed by atoms with E-state index in [4.69, 9.17) is 9.47 Å². The van der Waals surface area contributed by atoms with Crippen molar-refractivity contribution in [1.82, 2.24) is 10.3 Å². The van der Waals surface area contributed by atoms with Crippen molar-refractivity contribution in [1.29, 1.82) is 0 Å². The molecule has 0 spiro atoms. The van der Waals surface area contributed by atoms with Crippen LogP contribution >= 0.6 is 0 Å². The van der Waals surface area contributed by atoms with Gasteiger partial charge in [0, 0.05) is 12.2 Å². The van der Waals surface area contributed by atoms with Crippen LogP contribution in [-0.2, 0) is 4.74 Å². The van der Waals surface area contributed by atoms with E-state index >= 15 is 0 Å². The Labute approximate surface area is 138 Å². The molecule has 0 aromatic carbocycles. The number of aromatic nitrogens is 1. The second-order valence-corrected chi connectivity index (χ2v) is 5.67. The summed E-state index contributed by atoms with van der Waals surface area (Å²) < 4.78 is 47.0. The number of rotatable bonds is 6. The van der Waals surface area contributed by atoms with E-state index in [9.17, 15) is 18.0 Å². The Morgan fingerprint density at radius 1 is 1.42 bits per heavy atom. The predicted molar refractivity (Wildman–Crippen MR) is 80.9 cm³/mol. The zero-order valence-corrected chi connectivity index (χ0v) is 13.4. The van der Waals surface area contributed by atoms with Gasteiger partial charge in [-0.1, -0.05) is 0 Å². The number of carbonyl (C=O) groups excluding carboxylic acids is 1. The van der Waals surface area contributed by atoms with Gasteiger partial charge in [-0.05, 0) is 44.7 Å². The maximum absolute atomic E-state index is 12.4. The first-order valence-corrected chi connectivity index (χ1v) is 7.96. The third-order valence-corrected chi connectivity index (χ3v) is 3.74. The van der Waals surface area contributed by atoms with Gasteiger partial charge >= 0.3 is 6.18 Å². The Kier molecular flexibility index (Phi) is 6.42. The number of hydrogen-bond acceptors (Lipinski definition) is 4. The Bertz CT molecular complexity index is 552. The van der Waals surface area contributed by atoms with Crippen LogP contribution in [0.15, 0.2) is 18.3 Å². The van der Waals surface area contributed by atoms with E-state index in [0.717, 1.165) is 0 Å². The standard InChI is InChI=1S/C16H21F3N2O3/c1-2-23-15-13(7-4-8-20-15)14(22)21-11-5-3-6-12(9-11)24-10-16(17,18)19/h4,7-8,11-12H,2-3,5-6,9-10H2,1H3,(H,21,22)/t11-,12-/m0/s1. The van der Waals surface area contributed by atoms with Crippen molar-refractivity contribution in [2.45, 2.75) is 50.9 Å². The fourth-order valence-corrected chi connectivity index (χ4v) is 2.72. The molecule has 0 bridgehead atoms. The highest BCUT2D eigenvalue weighted by Gasteiger charge is 2.31. The molecule has 5 nitrogen and oxygen atoms in total. The molecule has 0 aliphatic heterocycles. The van der Waals surface area contributed by atoms with Crippen LogP contribution in [0.5, 0.6) is 5.88 Å². The molecule has 2 rings (SSSR count). The van der Waals surface area contributed by atoms with E-state index in [0.29, 0.717) is 37.9 Å². The topological polar surface area (TPSA) is 60.5 Å². The maximum atomic E-state index is 12.4. The molecule has 1 saturated carbocycles. The van der Waals surface area contributed by atoms with Crippen molar-refractivity contribution < 1.29 is 27.4 Å². The van der Waals surface area contributed by atoms with Gasteiger partial charge in [0.2, 0.25) is 5.88 Å². The molecule has 2 atom stereocenters. The SMILES string of the molecule is CCOc1ncccc1C(=O)N[C@H]1CCC[C@H](OCC(F)(F)F)C1. The summed E-state index contributed by atoms with van der Waals surface area (Å²) >= 11 is 0. The van der Waals surface area contributed by atoms with Gasteiger partial charge in [0.05, 0.1) is 12.7 Å². The predicted octanol–water partition coefficient (Wildman–Crippen LogP) is 3.10. The largest absolute Gasteiger partial charge is 0.477 e. The molecule has 1 amide bonds. The first-order valence-electron chi connectivity index (χ1n) is 7.96. The number of pyridine rings is 1. The summed E-state index contributed by atoms with van der Waals surface area (Å²) in [5, 5.41) is 2.84. The molecule has 1 fully saturated rings. The Morgan fingerprint density at radius 2 is 2.21 bits per heavy atom. The first-order chi connectivity index (χ1) is 11.4. The van der Waals surface area contributed by atoms with E-state index in [2.05, 4.69) is 10.3 Å². The molecule has 8 heteroatoms. The lowest BCUT2D eigenvalue weighted by atomic mass is 9.92. The fraction of sp³-hybridized carbons (Fsp3) is 0.625. The highest BCUT2D eigenvalue weighted by Crippen LogP contribution is 2.25. The summed E-state index contributed by atoms with van der Waals surface area (Å²) in [7, 11) is 0. The molecular formula is C16H21F3N2O3. The lowest BCUT2D eigenvalue weighted by molar-refractivity contribution is -0.188. The third-order valence-electron chi connectivity index (χ3n) is 3.74. The normalized spacial score (nSPS) is 21.3. The van der Waals surface area contributed by atoms with Crippen molar-refractivity contribution >= 4 is 5.91 Å². The monoisotopic (exact) mass is 346 g/mol. The second kappa shape index (κ2) is 8.32. The average Bonchev–Trinajstić information content (AvgIpc) is 2.53. The van der Waals surface area contributed by atoms with Crippen molar-refractivity contribution in [2.24, 2.45) is 0 Å². The molecule has 1 aromatic heterocycles. The highest BCUT2D eigenvalue weighted by atomic mass is 19.4. The zero-order chi connectivity index (χ0) is 17.6. The Balaban J connectivity index is 1.92. The van der Waals surface area contributed by atoms with Crippen LogP contribution in [0.3, 0.4) is 0 Å². The average molecular weight is 346 g/mol. The van der Waals surface area contributed by atoms with Crippen LogP contribution in [0.4, 0.5) is 13.2 Å². The molecule has 0 radical (unpaired) electrons. The van der Waals surface area contributed by atoms with Gasteiger partial charge in [0.1, 0.15) is 12.2 Å². The third kappa shape index (κ3) is 5.67. The van der Waals surface area contributed by atoms with Crippen molar-refractivity contribution in [3.8, 4) is 5.88 Å². The number of halogens is 3. The zero-order valence-electron chi connectivity index (χ0n) is 13.4. The van der Waals surface area contributed by atoms with Crippen molar-refractivity contribution in [2.75, 3.05) is 13.2 Å². The van der Waals surface area contributed by atoms with Gasteiger partial charge in [0.25, 0.3) is 5.91 Å². The maximum Gasteiger partial charge on any atom is 0.411 e. The molecule has 134 valence electrons. The molecule has 0 saturated heterocycles. The summed E-state index contributed by atoms with van der Waals surface area (Å²) in [5.41, 5.74) is 0.317. The number of alkyl halides is 3. The summed E-state index contributed by atoms with van der Waals surface area (Å²) in [6.45, 7) is 0.920. The minimum atomic E-state index is -4.34. The summed E-state index contributed by atoms with van der Waals surface area (Å²) in [4.78, 5) is 16.4. The molecule has 24 heavy (non-hydrogen) atoms. The lowest BCUT2D eigenvalue weighted by Crippen LogP contribution is -2.41. The number of nitrogens with one attached hydrogen (secondary N) is 1. The van der Waals surface area contributed by atoms with E-state index in [-0.39, 0.29) is 17.8 Å². The van der Waals surface area contributed by atoms with Crippen LogP contribution in [0.1, 0.15) is 43.0 Å².